The Bertz CT molecular complexity index is 419. The van der Waals surface area contributed by atoms with Crippen molar-refractivity contribution in [3.8, 4) is 18.1 Å². The van der Waals surface area contributed by atoms with Gasteiger partial charge in [0.1, 0.15) is 5.75 Å². The standard InChI is InChI=1S/C15H19NO/c1-3-5-14(4-2)16-11-12-6-7-15-13(10-12)8-9-17-15/h2,6-7,10,14,16H,3,5,8-9,11H2,1H3. The Kier molecular flexibility index (Phi) is 4.06. The average molecular weight is 229 g/mol. The highest BCUT2D eigenvalue weighted by atomic mass is 16.5. The normalized spacial score (nSPS) is 14.8. The Morgan fingerprint density at radius 3 is 3.18 bits per heavy atom. The first-order valence-electron chi connectivity index (χ1n) is 6.27. The maximum atomic E-state index is 5.49. The van der Waals surface area contributed by atoms with Gasteiger partial charge in [-0.25, -0.2) is 0 Å². The molecule has 0 radical (unpaired) electrons. The van der Waals surface area contributed by atoms with E-state index in [4.69, 9.17) is 11.2 Å². The van der Waals surface area contributed by atoms with Crippen LogP contribution in [0.25, 0.3) is 0 Å². The molecular formula is C15H19NO. The predicted octanol–water partition coefficient (Wildman–Crippen LogP) is 2.51. The molecule has 1 aliphatic rings. The Morgan fingerprint density at radius 1 is 1.53 bits per heavy atom. The van der Waals surface area contributed by atoms with Gasteiger partial charge in [0.05, 0.1) is 12.6 Å². The summed E-state index contributed by atoms with van der Waals surface area (Å²) in [6.45, 7) is 3.80. The van der Waals surface area contributed by atoms with Crippen molar-refractivity contribution in [1.29, 1.82) is 0 Å². The molecule has 0 aliphatic carbocycles. The minimum Gasteiger partial charge on any atom is -0.493 e. The molecule has 2 rings (SSSR count). The van der Waals surface area contributed by atoms with Crippen LogP contribution in [0.4, 0.5) is 0 Å². The van der Waals surface area contributed by atoms with E-state index in [9.17, 15) is 0 Å². The number of nitrogens with one attached hydrogen (secondary N) is 1. The molecule has 2 heteroatoms. The lowest BCUT2D eigenvalue weighted by Crippen LogP contribution is -2.26. The molecule has 1 aliphatic heterocycles. The molecule has 1 aromatic carbocycles. The van der Waals surface area contributed by atoms with Gasteiger partial charge in [0, 0.05) is 13.0 Å². The van der Waals surface area contributed by atoms with Crippen molar-refractivity contribution in [2.75, 3.05) is 6.61 Å². The smallest absolute Gasteiger partial charge is 0.122 e. The zero-order valence-corrected chi connectivity index (χ0v) is 10.3. The van der Waals surface area contributed by atoms with E-state index in [1.807, 2.05) is 0 Å². The third-order valence-electron chi connectivity index (χ3n) is 3.08. The molecule has 2 nitrogen and oxygen atoms in total. The highest BCUT2D eigenvalue weighted by Crippen LogP contribution is 2.25. The van der Waals surface area contributed by atoms with E-state index in [2.05, 4.69) is 36.4 Å². The zero-order chi connectivity index (χ0) is 12.1. The fourth-order valence-electron chi connectivity index (χ4n) is 2.12. The van der Waals surface area contributed by atoms with E-state index in [0.29, 0.717) is 0 Å². The molecule has 0 aromatic heterocycles. The number of fused-ring (bicyclic) bond motifs is 1. The highest BCUT2D eigenvalue weighted by Gasteiger charge is 2.12. The summed E-state index contributed by atoms with van der Waals surface area (Å²) in [5.74, 6) is 3.83. The van der Waals surface area contributed by atoms with E-state index < -0.39 is 0 Å². The van der Waals surface area contributed by atoms with Crippen molar-refractivity contribution in [2.24, 2.45) is 0 Å². The summed E-state index contributed by atoms with van der Waals surface area (Å²) in [6.07, 6.45) is 8.65. The van der Waals surface area contributed by atoms with Gasteiger partial charge in [-0.3, -0.25) is 5.32 Å². The van der Waals surface area contributed by atoms with E-state index in [-0.39, 0.29) is 6.04 Å². The summed E-state index contributed by atoms with van der Waals surface area (Å²) < 4.78 is 5.49. The first kappa shape index (κ1) is 12.0. The molecule has 1 aromatic rings. The molecule has 1 unspecified atom stereocenters. The zero-order valence-electron chi connectivity index (χ0n) is 10.3. The lowest BCUT2D eigenvalue weighted by Gasteiger charge is -2.12. The fourth-order valence-corrected chi connectivity index (χ4v) is 2.12. The van der Waals surface area contributed by atoms with Gasteiger partial charge in [-0.05, 0) is 23.6 Å². The lowest BCUT2D eigenvalue weighted by atomic mass is 10.1. The van der Waals surface area contributed by atoms with Gasteiger partial charge in [0.25, 0.3) is 0 Å². The molecule has 0 fully saturated rings. The van der Waals surface area contributed by atoms with E-state index in [0.717, 1.165) is 38.2 Å². The molecule has 17 heavy (non-hydrogen) atoms. The van der Waals surface area contributed by atoms with Crippen LogP contribution in [-0.4, -0.2) is 12.6 Å². The second-order valence-corrected chi connectivity index (χ2v) is 4.43. The summed E-state index contributed by atoms with van der Waals surface area (Å²) in [6, 6.07) is 6.57. The second kappa shape index (κ2) is 5.75. The molecular weight excluding hydrogens is 210 g/mol. The number of hydrogen-bond acceptors (Lipinski definition) is 2. The average Bonchev–Trinajstić information content (AvgIpc) is 2.81. The van der Waals surface area contributed by atoms with Crippen molar-refractivity contribution in [3.63, 3.8) is 0 Å². The van der Waals surface area contributed by atoms with Crippen molar-refractivity contribution < 1.29 is 4.74 Å². The predicted molar refractivity (Wildman–Crippen MR) is 70.0 cm³/mol. The van der Waals surface area contributed by atoms with Crippen LogP contribution in [0.5, 0.6) is 5.75 Å². The van der Waals surface area contributed by atoms with Gasteiger partial charge >= 0.3 is 0 Å². The molecule has 0 saturated heterocycles. The van der Waals surface area contributed by atoms with Crippen molar-refractivity contribution in [2.45, 2.75) is 38.8 Å². The molecule has 0 bridgehead atoms. The second-order valence-electron chi connectivity index (χ2n) is 4.43. The molecule has 90 valence electrons. The van der Waals surface area contributed by atoms with Crippen molar-refractivity contribution in [3.05, 3.63) is 29.3 Å². The molecule has 1 atom stereocenters. The van der Waals surface area contributed by atoms with Gasteiger partial charge in [0.15, 0.2) is 0 Å². The molecule has 0 saturated carbocycles. The highest BCUT2D eigenvalue weighted by molar-refractivity contribution is 5.39. The minimum absolute atomic E-state index is 0.185. The fraction of sp³-hybridized carbons (Fsp3) is 0.467. The summed E-state index contributed by atoms with van der Waals surface area (Å²) in [4.78, 5) is 0. The van der Waals surface area contributed by atoms with Crippen LogP contribution in [-0.2, 0) is 13.0 Å². The minimum atomic E-state index is 0.185. The van der Waals surface area contributed by atoms with Crippen LogP contribution in [0.1, 0.15) is 30.9 Å². The third kappa shape index (κ3) is 3.01. The first-order chi connectivity index (χ1) is 8.33. The van der Waals surface area contributed by atoms with Crippen molar-refractivity contribution >= 4 is 0 Å². The summed E-state index contributed by atoms with van der Waals surface area (Å²) in [7, 11) is 0. The SMILES string of the molecule is C#CC(CCC)NCc1ccc2c(c1)CCO2. The molecule has 0 amide bonds. The number of ether oxygens (including phenoxy) is 1. The monoisotopic (exact) mass is 229 g/mol. The van der Waals surface area contributed by atoms with Crippen molar-refractivity contribution in [1.82, 2.24) is 5.32 Å². The Hall–Kier alpha value is -1.46. The van der Waals surface area contributed by atoms with Crippen LogP contribution >= 0.6 is 0 Å². The molecule has 1 N–H and O–H groups in total. The topological polar surface area (TPSA) is 21.3 Å². The summed E-state index contributed by atoms with van der Waals surface area (Å²) in [5.41, 5.74) is 2.60. The number of terminal acetylenes is 1. The lowest BCUT2D eigenvalue weighted by molar-refractivity contribution is 0.357. The summed E-state index contributed by atoms with van der Waals surface area (Å²) >= 11 is 0. The Labute approximate surface area is 103 Å². The quantitative estimate of drug-likeness (QED) is 0.783. The Morgan fingerprint density at radius 2 is 2.41 bits per heavy atom. The maximum Gasteiger partial charge on any atom is 0.122 e. The number of hydrogen-bond donors (Lipinski definition) is 1. The van der Waals surface area contributed by atoms with Gasteiger partial charge in [-0.15, -0.1) is 6.42 Å². The van der Waals surface area contributed by atoms with E-state index in [1.165, 1.54) is 11.1 Å². The van der Waals surface area contributed by atoms with Crippen LogP contribution in [0, 0.1) is 12.3 Å². The van der Waals surface area contributed by atoms with E-state index in [1.54, 1.807) is 0 Å². The van der Waals surface area contributed by atoms with E-state index >= 15 is 0 Å². The first-order valence-corrected chi connectivity index (χ1v) is 6.27. The third-order valence-corrected chi connectivity index (χ3v) is 3.08. The maximum absolute atomic E-state index is 5.49. The van der Waals surface area contributed by atoms with Crippen LogP contribution in [0.15, 0.2) is 18.2 Å². The number of benzene rings is 1. The number of rotatable bonds is 5. The Balaban J connectivity index is 1.93. The summed E-state index contributed by atoms with van der Waals surface area (Å²) in [5, 5.41) is 3.40. The molecule has 1 heterocycles. The molecule has 0 spiro atoms. The van der Waals surface area contributed by atoms with Crippen LogP contribution in [0.2, 0.25) is 0 Å². The largest absolute Gasteiger partial charge is 0.493 e. The van der Waals surface area contributed by atoms with Gasteiger partial charge in [0.2, 0.25) is 0 Å². The van der Waals surface area contributed by atoms with Gasteiger partial charge in [-0.1, -0.05) is 31.4 Å². The van der Waals surface area contributed by atoms with Crippen LogP contribution in [0.3, 0.4) is 0 Å². The van der Waals surface area contributed by atoms with Gasteiger partial charge in [-0.2, -0.15) is 0 Å². The van der Waals surface area contributed by atoms with Crippen LogP contribution < -0.4 is 10.1 Å². The van der Waals surface area contributed by atoms with Gasteiger partial charge < -0.3 is 4.74 Å².